The average molecular weight is 240 g/mol. The van der Waals surface area contributed by atoms with Gasteiger partial charge in [-0.1, -0.05) is 13.8 Å². The van der Waals surface area contributed by atoms with Gasteiger partial charge < -0.3 is 15.0 Å². The summed E-state index contributed by atoms with van der Waals surface area (Å²) < 4.78 is 5.68. The lowest BCUT2D eigenvalue weighted by atomic mass is 10.0. The normalized spacial score (nSPS) is 26.6. The lowest BCUT2D eigenvalue weighted by molar-refractivity contribution is 0.103. The molecule has 1 heterocycles. The number of hydrogen-bond acceptors (Lipinski definition) is 3. The summed E-state index contributed by atoms with van der Waals surface area (Å²) in [6, 6.07) is 0.677. The highest BCUT2D eigenvalue weighted by Crippen LogP contribution is 2.28. The Hall–Kier alpha value is -0.120. The number of nitrogens with one attached hydrogen (secondary N) is 1. The van der Waals surface area contributed by atoms with Gasteiger partial charge >= 0.3 is 0 Å². The Balaban J connectivity index is 1.51. The van der Waals surface area contributed by atoms with Crippen LogP contribution in [-0.2, 0) is 4.74 Å². The third-order valence-corrected chi connectivity index (χ3v) is 3.91. The first kappa shape index (κ1) is 13.3. The number of rotatable bonds is 7. The SMILES string of the molecule is CC(C)C1CN(CCCOCC2CC2)CCN1. The summed E-state index contributed by atoms with van der Waals surface area (Å²) in [4.78, 5) is 2.58. The van der Waals surface area contributed by atoms with E-state index in [1.807, 2.05) is 0 Å². The Labute approximate surface area is 106 Å². The second-order valence-electron chi connectivity index (χ2n) is 5.98. The van der Waals surface area contributed by atoms with Crippen LogP contribution in [0.2, 0.25) is 0 Å². The van der Waals surface area contributed by atoms with Crippen molar-refractivity contribution in [1.82, 2.24) is 10.2 Å². The number of ether oxygens (including phenoxy) is 1. The van der Waals surface area contributed by atoms with Crippen LogP contribution in [0, 0.1) is 11.8 Å². The van der Waals surface area contributed by atoms with E-state index in [0.717, 1.165) is 31.6 Å². The van der Waals surface area contributed by atoms with Gasteiger partial charge in [0.25, 0.3) is 0 Å². The molecular weight excluding hydrogens is 212 g/mol. The first-order chi connectivity index (χ1) is 8.25. The van der Waals surface area contributed by atoms with Crippen LogP contribution in [0.25, 0.3) is 0 Å². The highest BCUT2D eigenvalue weighted by Gasteiger charge is 2.22. The molecule has 3 heteroatoms. The summed E-state index contributed by atoms with van der Waals surface area (Å²) in [5.74, 6) is 1.64. The highest BCUT2D eigenvalue weighted by atomic mass is 16.5. The Kier molecular flexibility index (Phi) is 5.26. The third-order valence-electron chi connectivity index (χ3n) is 3.91. The van der Waals surface area contributed by atoms with E-state index in [2.05, 4.69) is 24.1 Å². The van der Waals surface area contributed by atoms with Crippen molar-refractivity contribution in [3.63, 3.8) is 0 Å². The van der Waals surface area contributed by atoms with E-state index in [-0.39, 0.29) is 0 Å². The molecule has 2 fully saturated rings. The predicted octanol–water partition coefficient (Wildman–Crippen LogP) is 1.73. The smallest absolute Gasteiger partial charge is 0.0494 e. The second kappa shape index (κ2) is 6.72. The molecule has 0 aromatic heterocycles. The molecule has 1 unspecified atom stereocenters. The first-order valence-electron chi connectivity index (χ1n) is 7.29. The molecule has 1 aliphatic carbocycles. The van der Waals surface area contributed by atoms with Gasteiger partial charge in [-0.25, -0.2) is 0 Å². The van der Waals surface area contributed by atoms with Gasteiger partial charge in [0.1, 0.15) is 0 Å². The maximum absolute atomic E-state index is 5.68. The van der Waals surface area contributed by atoms with Crippen LogP contribution in [0.15, 0.2) is 0 Å². The minimum atomic E-state index is 0.677. The van der Waals surface area contributed by atoms with E-state index in [1.54, 1.807) is 0 Å². The summed E-state index contributed by atoms with van der Waals surface area (Å²) in [6.07, 6.45) is 3.99. The molecule has 1 N–H and O–H groups in total. The molecular formula is C14H28N2O. The molecule has 0 spiro atoms. The highest BCUT2D eigenvalue weighted by molar-refractivity contribution is 4.80. The van der Waals surface area contributed by atoms with Crippen molar-refractivity contribution in [2.45, 2.75) is 39.2 Å². The van der Waals surface area contributed by atoms with Gasteiger partial charge in [-0.3, -0.25) is 0 Å². The molecule has 0 bridgehead atoms. The Bertz CT molecular complexity index is 216. The molecule has 0 aromatic rings. The van der Waals surface area contributed by atoms with Crippen molar-refractivity contribution >= 4 is 0 Å². The standard InChI is InChI=1S/C14H28N2O/c1-12(2)14-10-16(8-6-15-14)7-3-9-17-11-13-4-5-13/h12-15H,3-11H2,1-2H3. The summed E-state index contributed by atoms with van der Waals surface area (Å²) >= 11 is 0. The molecule has 1 saturated heterocycles. The molecule has 2 aliphatic rings. The van der Waals surface area contributed by atoms with Crippen molar-refractivity contribution in [2.75, 3.05) is 39.4 Å². The maximum atomic E-state index is 5.68. The quantitative estimate of drug-likeness (QED) is 0.686. The fraction of sp³-hybridized carbons (Fsp3) is 1.00. The summed E-state index contributed by atoms with van der Waals surface area (Å²) in [7, 11) is 0. The summed E-state index contributed by atoms with van der Waals surface area (Å²) in [5, 5.41) is 3.60. The Morgan fingerprint density at radius 2 is 2.18 bits per heavy atom. The van der Waals surface area contributed by atoms with Crippen molar-refractivity contribution < 1.29 is 4.74 Å². The monoisotopic (exact) mass is 240 g/mol. The number of nitrogens with zero attached hydrogens (tertiary/aromatic N) is 1. The van der Waals surface area contributed by atoms with Crippen molar-refractivity contribution in [1.29, 1.82) is 0 Å². The molecule has 2 rings (SSSR count). The average Bonchev–Trinajstić information content (AvgIpc) is 3.13. The van der Waals surface area contributed by atoms with Gasteiger partial charge in [0.05, 0.1) is 0 Å². The Morgan fingerprint density at radius 3 is 2.88 bits per heavy atom. The minimum absolute atomic E-state index is 0.677. The molecule has 1 saturated carbocycles. The zero-order chi connectivity index (χ0) is 12.1. The van der Waals surface area contributed by atoms with Gasteiger partial charge in [-0.2, -0.15) is 0 Å². The van der Waals surface area contributed by atoms with E-state index >= 15 is 0 Å². The van der Waals surface area contributed by atoms with E-state index in [4.69, 9.17) is 4.74 Å². The molecule has 3 nitrogen and oxygen atoms in total. The van der Waals surface area contributed by atoms with E-state index in [9.17, 15) is 0 Å². The fourth-order valence-electron chi connectivity index (χ4n) is 2.42. The summed E-state index contributed by atoms with van der Waals surface area (Å²) in [6.45, 7) is 11.3. The lowest BCUT2D eigenvalue weighted by Crippen LogP contribution is -2.53. The van der Waals surface area contributed by atoms with E-state index in [0.29, 0.717) is 6.04 Å². The minimum Gasteiger partial charge on any atom is -0.381 e. The molecule has 0 amide bonds. The van der Waals surface area contributed by atoms with Crippen molar-refractivity contribution in [2.24, 2.45) is 11.8 Å². The van der Waals surface area contributed by atoms with Gasteiger partial charge in [0.2, 0.25) is 0 Å². The predicted molar refractivity (Wildman–Crippen MR) is 71.2 cm³/mol. The zero-order valence-electron chi connectivity index (χ0n) is 11.5. The number of hydrogen-bond donors (Lipinski definition) is 1. The van der Waals surface area contributed by atoms with E-state index in [1.165, 1.54) is 38.9 Å². The van der Waals surface area contributed by atoms with Crippen LogP contribution in [0.4, 0.5) is 0 Å². The van der Waals surface area contributed by atoms with Crippen LogP contribution in [0.5, 0.6) is 0 Å². The van der Waals surface area contributed by atoms with Crippen LogP contribution in [0.3, 0.4) is 0 Å². The maximum Gasteiger partial charge on any atom is 0.0494 e. The molecule has 100 valence electrons. The van der Waals surface area contributed by atoms with Crippen LogP contribution in [-0.4, -0.2) is 50.3 Å². The molecule has 0 aromatic carbocycles. The summed E-state index contributed by atoms with van der Waals surface area (Å²) in [5.41, 5.74) is 0. The molecule has 1 aliphatic heterocycles. The van der Waals surface area contributed by atoms with Crippen LogP contribution in [0.1, 0.15) is 33.1 Å². The largest absolute Gasteiger partial charge is 0.381 e. The zero-order valence-corrected chi connectivity index (χ0v) is 11.5. The van der Waals surface area contributed by atoms with Gasteiger partial charge in [0, 0.05) is 45.4 Å². The van der Waals surface area contributed by atoms with Crippen LogP contribution < -0.4 is 5.32 Å². The van der Waals surface area contributed by atoms with Gasteiger partial charge in [0.15, 0.2) is 0 Å². The molecule has 1 atom stereocenters. The Morgan fingerprint density at radius 1 is 1.35 bits per heavy atom. The molecule has 0 radical (unpaired) electrons. The van der Waals surface area contributed by atoms with Crippen molar-refractivity contribution in [3.8, 4) is 0 Å². The van der Waals surface area contributed by atoms with Gasteiger partial charge in [-0.15, -0.1) is 0 Å². The molecule has 17 heavy (non-hydrogen) atoms. The first-order valence-corrected chi connectivity index (χ1v) is 7.29. The van der Waals surface area contributed by atoms with E-state index < -0.39 is 0 Å². The fourth-order valence-corrected chi connectivity index (χ4v) is 2.42. The van der Waals surface area contributed by atoms with Gasteiger partial charge in [-0.05, 0) is 31.1 Å². The lowest BCUT2D eigenvalue weighted by Gasteiger charge is -2.35. The van der Waals surface area contributed by atoms with Crippen LogP contribution >= 0.6 is 0 Å². The topological polar surface area (TPSA) is 24.5 Å². The second-order valence-corrected chi connectivity index (χ2v) is 5.98. The van der Waals surface area contributed by atoms with Crippen molar-refractivity contribution in [3.05, 3.63) is 0 Å². The number of piperazine rings is 1. The third kappa shape index (κ3) is 4.94.